The molecule has 0 radical (unpaired) electrons. The molecule has 3 saturated carbocycles. The molecule has 1 spiro atoms. The Bertz CT molecular complexity index is 861. The lowest BCUT2D eigenvalue weighted by Gasteiger charge is -2.47. The molecule has 42 heavy (non-hydrogen) atoms. The van der Waals surface area contributed by atoms with Gasteiger partial charge in [-0.25, -0.2) is 0 Å². The van der Waals surface area contributed by atoms with Gasteiger partial charge in [-0.3, -0.25) is 0 Å². The second-order valence-corrected chi connectivity index (χ2v) is 19.3. The van der Waals surface area contributed by atoms with Crippen LogP contribution in [0, 0.1) is 98.6 Å². The smallest absolute Gasteiger partial charge is 0.0184 e. The maximum atomic E-state index is 2.72. The summed E-state index contributed by atoms with van der Waals surface area (Å²) in [4.78, 5) is 0. The summed E-state index contributed by atoms with van der Waals surface area (Å²) in [6.45, 7) is 43.4. The van der Waals surface area contributed by atoms with E-state index in [4.69, 9.17) is 0 Å². The summed E-state index contributed by atoms with van der Waals surface area (Å²) in [6, 6.07) is 0. The molecular formula is C42H80. The fraction of sp³-hybridized carbons (Fsp3) is 1.00. The number of rotatable bonds is 18. The van der Waals surface area contributed by atoms with Crippen molar-refractivity contribution in [3.05, 3.63) is 0 Å². The largest absolute Gasteiger partial charge is 0.0654 e. The van der Waals surface area contributed by atoms with Crippen LogP contribution in [0.25, 0.3) is 0 Å². The van der Waals surface area contributed by atoms with Crippen LogP contribution in [0.2, 0.25) is 0 Å². The summed E-state index contributed by atoms with van der Waals surface area (Å²) in [5.74, 6) is 11.1. The predicted molar refractivity (Wildman–Crippen MR) is 188 cm³/mol. The van der Waals surface area contributed by atoms with Crippen molar-refractivity contribution in [2.24, 2.45) is 98.6 Å². The molecule has 3 rings (SSSR count). The maximum Gasteiger partial charge on any atom is -0.0184 e. The molecule has 3 fully saturated rings. The molecule has 3 aliphatic carbocycles. The second kappa shape index (κ2) is 13.0. The van der Waals surface area contributed by atoms with Crippen molar-refractivity contribution in [2.75, 3.05) is 0 Å². The fourth-order valence-electron chi connectivity index (χ4n) is 11.1. The van der Waals surface area contributed by atoms with Gasteiger partial charge in [0.15, 0.2) is 0 Å². The topological polar surface area (TPSA) is 0 Å². The monoisotopic (exact) mass is 585 g/mol. The molecule has 0 bridgehead atoms. The van der Waals surface area contributed by atoms with Crippen LogP contribution in [0.5, 0.6) is 0 Å². The third kappa shape index (κ3) is 6.47. The highest BCUT2D eigenvalue weighted by Crippen LogP contribution is 2.80. The predicted octanol–water partition coefficient (Wildman–Crippen LogP) is 13.4. The van der Waals surface area contributed by atoms with Gasteiger partial charge in [-0.15, -0.1) is 0 Å². The molecule has 0 amide bonds. The molecule has 0 N–H and O–H groups in total. The Hall–Kier alpha value is 0. The molecule has 0 heteroatoms. The van der Waals surface area contributed by atoms with Crippen LogP contribution in [0.4, 0.5) is 0 Å². The van der Waals surface area contributed by atoms with Crippen LogP contribution in [-0.2, 0) is 0 Å². The van der Waals surface area contributed by atoms with Gasteiger partial charge in [0.1, 0.15) is 0 Å². The third-order valence-corrected chi connectivity index (χ3v) is 16.9. The van der Waals surface area contributed by atoms with Gasteiger partial charge in [0.2, 0.25) is 0 Å². The lowest BCUT2D eigenvalue weighted by molar-refractivity contribution is 0.0126. The Labute approximate surface area is 267 Å². The Morgan fingerprint density at radius 2 is 1.31 bits per heavy atom. The Morgan fingerprint density at radius 3 is 1.81 bits per heavy atom. The van der Waals surface area contributed by atoms with Crippen LogP contribution < -0.4 is 0 Å². The Kier molecular flexibility index (Phi) is 11.3. The van der Waals surface area contributed by atoms with Crippen molar-refractivity contribution < 1.29 is 0 Å². The first kappa shape index (κ1) is 36.5. The highest BCUT2D eigenvalue weighted by Gasteiger charge is 2.72. The molecule has 248 valence electrons. The molecule has 3 aliphatic rings. The van der Waals surface area contributed by atoms with Crippen LogP contribution in [-0.4, -0.2) is 0 Å². The average molecular weight is 585 g/mol. The van der Waals surface area contributed by atoms with Crippen molar-refractivity contribution in [3.63, 3.8) is 0 Å². The van der Waals surface area contributed by atoms with Gasteiger partial charge in [-0.1, -0.05) is 137 Å². The van der Waals surface area contributed by atoms with E-state index in [1.807, 2.05) is 0 Å². The second-order valence-electron chi connectivity index (χ2n) is 19.3. The quantitative estimate of drug-likeness (QED) is 0.150. The minimum absolute atomic E-state index is 0.409. The molecular weight excluding hydrogens is 504 g/mol. The van der Waals surface area contributed by atoms with Gasteiger partial charge in [0, 0.05) is 0 Å². The van der Waals surface area contributed by atoms with E-state index in [2.05, 4.69) is 118 Å². The van der Waals surface area contributed by atoms with E-state index >= 15 is 0 Å². The third-order valence-electron chi connectivity index (χ3n) is 16.9. The van der Waals surface area contributed by atoms with E-state index in [9.17, 15) is 0 Å². The van der Waals surface area contributed by atoms with Crippen molar-refractivity contribution >= 4 is 0 Å². The van der Waals surface area contributed by atoms with E-state index in [1.165, 1.54) is 44.9 Å². The molecule has 0 aliphatic heterocycles. The van der Waals surface area contributed by atoms with Crippen molar-refractivity contribution in [1.82, 2.24) is 0 Å². The van der Waals surface area contributed by atoms with E-state index < -0.39 is 0 Å². The number of hydrogen-bond donors (Lipinski definition) is 0. The Balaban J connectivity index is 1.74. The summed E-state index contributed by atoms with van der Waals surface area (Å²) < 4.78 is 0. The molecule has 0 nitrogen and oxygen atoms in total. The summed E-state index contributed by atoms with van der Waals surface area (Å²) >= 11 is 0. The lowest BCUT2D eigenvalue weighted by Crippen LogP contribution is -2.41. The first-order valence-corrected chi connectivity index (χ1v) is 19.3. The van der Waals surface area contributed by atoms with Gasteiger partial charge in [-0.2, -0.15) is 0 Å². The van der Waals surface area contributed by atoms with Gasteiger partial charge >= 0.3 is 0 Å². The molecule has 0 saturated heterocycles. The van der Waals surface area contributed by atoms with E-state index in [-0.39, 0.29) is 0 Å². The van der Waals surface area contributed by atoms with Crippen LogP contribution in [0.3, 0.4) is 0 Å². The van der Waals surface area contributed by atoms with Crippen molar-refractivity contribution in [2.45, 2.75) is 169 Å². The minimum Gasteiger partial charge on any atom is -0.0654 e. The van der Waals surface area contributed by atoms with Crippen molar-refractivity contribution in [3.8, 4) is 0 Å². The normalized spacial score (nSPS) is 35.1. The first-order valence-electron chi connectivity index (χ1n) is 19.3. The summed E-state index contributed by atoms with van der Waals surface area (Å²) in [5.41, 5.74) is 2.14. The van der Waals surface area contributed by atoms with Gasteiger partial charge in [0.25, 0.3) is 0 Å². The van der Waals surface area contributed by atoms with Gasteiger partial charge in [-0.05, 0) is 131 Å². The molecule has 13 atom stereocenters. The first-order chi connectivity index (χ1) is 19.3. The Morgan fingerprint density at radius 1 is 0.714 bits per heavy atom. The summed E-state index contributed by atoms with van der Waals surface area (Å²) in [7, 11) is 0. The lowest BCUT2D eigenvalue weighted by atomic mass is 9.58. The molecule has 13 unspecified atom stereocenters. The molecule has 0 aromatic rings. The summed E-state index contributed by atoms with van der Waals surface area (Å²) in [5, 5.41) is 0. The minimum atomic E-state index is 0.409. The molecule has 0 aromatic heterocycles. The van der Waals surface area contributed by atoms with Crippen LogP contribution in [0.15, 0.2) is 0 Å². The van der Waals surface area contributed by atoms with Gasteiger partial charge < -0.3 is 0 Å². The maximum absolute atomic E-state index is 2.72. The molecule has 0 heterocycles. The van der Waals surface area contributed by atoms with E-state index in [0.29, 0.717) is 16.2 Å². The highest BCUT2D eigenvalue weighted by molar-refractivity contribution is 5.21. The van der Waals surface area contributed by atoms with Crippen LogP contribution >= 0.6 is 0 Å². The zero-order valence-electron chi connectivity index (χ0n) is 32.2. The SMILES string of the molecule is CCCC(C)C(C)(C)C1(C(C)CC(CC)CC2CC23CC3C(C)C(C)(C)C(C)C)CC1C(C)C(C)C(C)C(C)C(C)C. The zero-order chi connectivity index (χ0) is 32.2. The standard InChI is InChI=1S/C42H80/c1-18-20-28(7)40(16,17)42(25-37(42)33(12)32(11)31(10)30(9)26(3)4)29(8)21-35(19-2)22-36-23-41(36)24-38(41)34(13)39(14,15)27(5)6/h26-38H,18-25H2,1-17H3. The van der Waals surface area contributed by atoms with Crippen LogP contribution in [0.1, 0.15) is 169 Å². The highest BCUT2D eigenvalue weighted by atomic mass is 14.8. The number of hydrogen-bond acceptors (Lipinski definition) is 0. The fourth-order valence-corrected chi connectivity index (χ4v) is 11.1. The van der Waals surface area contributed by atoms with E-state index in [1.54, 1.807) is 6.42 Å². The van der Waals surface area contributed by atoms with E-state index in [0.717, 1.165) is 82.3 Å². The summed E-state index contributed by atoms with van der Waals surface area (Å²) in [6.07, 6.45) is 11.7. The van der Waals surface area contributed by atoms with Gasteiger partial charge in [0.05, 0.1) is 0 Å². The average Bonchev–Trinajstić information content (AvgIpc) is 3.85. The van der Waals surface area contributed by atoms with Crippen molar-refractivity contribution in [1.29, 1.82) is 0 Å². The molecule has 0 aromatic carbocycles. The zero-order valence-corrected chi connectivity index (χ0v) is 32.2.